The van der Waals surface area contributed by atoms with Crippen molar-refractivity contribution < 1.29 is 15.0 Å². The summed E-state index contributed by atoms with van der Waals surface area (Å²) in [4.78, 5) is 14.8. The van der Waals surface area contributed by atoms with Crippen molar-refractivity contribution in [3.63, 3.8) is 0 Å². The maximum Gasteiger partial charge on any atom is 0.354 e. The molecule has 1 heterocycles. The van der Waals surface area contributed by atoms with Gasteiger partial charge in [-0.15, -0.1) is 0 Å². The molecule has 21 heavy (non-hydrogen) atoms. The van der Waals surface area contributed by atoms with Crippen LogP contribution in [0.5, 0.6) is 0 Å². The molecule has 0 saturated carbocycles. The Bertz CT molecular complexity index is 587. The van der Waals surface area contributed by atoms with Gasteiger partial charge in [0.2, 0.25) is 0 Å². The van der Waals surface area contributed by atoms with Crippen LogP contribution in [0, 0.1) is 0 Å². The number of carboxylic acids is 1. The van der Waals surface area contributed by atoms with E-state index in [-0.39, 0.29) is 5.69 Å². The van der Waals surface area contributed by atoms with E-state index in [1.165, 1.54) is 11.6 Å². The van der Waals surface area contributed by atoms with Gasteiger partial charge in [0.15, 0.2) is 5.69 Å². The minimum atomic E-state index is -1.07. The Morgan fingerprint density at radius 3 is 2.62 bits per heavy atom. The second-order valence-electron chi connectivity index (χ2n) is 4.77. The monoisotopic (exact) mass is 286 g/mol. The molecule has 0 bridgehead atoms. The van der Waals surface area contributed by atoms with Crippen LogP contribution in [0.3, 0.4) is 0 Å². The first kappa shape index (κ1) is 15.0. The lowest BCUT2D eigenvalue weighted by Gasteiger charge is -2.12. The molecule has 5 heteroatoms. The first-order valence-corrected chi connectivity index (χ1v) is 6.81. The maximum absolute atomic E-state index is 10.8. The van der Waals surface area contributed by atoms with Crippen LogP contribution in [0.1, 0.15) is 22.5 Å². The minimum absolute atomic E-state index is 0.0150. The van der Waals surface area contributed by atoms with Crippen molar-refractivity contribution in [2.45, 2.75) is 18.9 Å². The topological polar surface area (TPSA) is 82.5 Å². The van der Waals surface area contributed by atoms with Crippen LogP contribution in [0.2, 0.25) is 0 Å². The molecule has 1 unspecified atom stereocenters. The highest BCUT2D eigenvalue weighted by Crippen LogP contribution is 2.08. The second-order valence-corrected chi connectivity index (χ2v) is 4.77. The van der Waals surface area contributed by atoms with E-state index in [1.54, 1.807) is 12.1 Å². The Labute approximate surface area is 123 Å². The molecule has 0 spiro atoms. The molecular formula is C16H18N2O3. The summed E-state index contributed by atoms with van der Waals surface area (Å²) in [6.45, 7) is 0.336. The lowest BCUT2D eigenvalue weighted by atomic mass is 10.1. The van der Waals surface area contributed by atoms with Gasteiger partial charge < -0.3 is 15.5 Å². The van der Waals surface area contributed by atoms with Gasteiger partial charge in [-0.1, -0.05) is 36.4 Å². The number of benzene rings is 1. The van der Waals surface area contributed by atoms with Crippen molar-refractivity contribution in [2.24, 2.45) is 0 Å². The number of carbonyl (C=O) groups is 1. The number of aryl methyl sites for hydroxylation is 1. The molecule has 5 nitrogen and oxygen atoms in total. The van der Waals surface area contributed by atoms with Gasteiger partial charge in [-0.3, -0.25) is 0 Å². The maximum atomic E-state index is 10.8. The Kier molecular flexibility index (Phi) is 5.29. The molecule has 1 aromatic heterocycles. The Morgan fingerprint density at radius 2 is 1.90 bits per heavy atom. The number of nitrogens with one attached hydrogen (secondary N) is 1. The molecule has 110 valence electrons. The normalized spacial score (nSPS) is 11.9. The zero-order valence-corrected chi connectivity index (χ0v) is 11.6. The number of rotatable bonds is 7. The largest absolute Gasteiger partial charge is 0.477 e. The molecule has 3 N–H and O–H groups in total. The average molecular weight is 286 g/mol. The van der Waals surface area contributed by atoms with Gasteiger partial charge in [0, 0.05) is 6.54 Å². The Hall–Kier alpha value is -2.40. The van der Waals surface area contributed by atoms with Crippen LogP contribution < -0.4 is 5.32 Å². The van der Waals surface area contributed by atoms with Crippen molar-refractivity contribution in [2.75, 3.05) is 11.9 Å². The number of anilines is 1. The summed E-state index contributed by atoms with van der Waals surface area (Å²) < 4.78 is 0. The minimum Gasteiger partial charge on any atom is -0.477 e. The second kappa shape index (κ2) is 7.40. The van der Waals surface area contributed by atoms with E-state index in [0.717, 1.165) is 6.42 Å². The first-order chi connectivity index (χ1) is 10.1. The number of aromatic carboxylic acids is 1. The molecular weight excluding hydrogens is 268 g/mol. The van der Waals surface area contributed by atoms with E-state index in [1.807, 2.05) is 30.3 Å². The molecule has 2 aromatic rings. The lowest BCUT2D eigenvalue weighted by molar-refractivity contribution is 0.0690. The molecule has 1 atom stereocenters. The summed E-state index contributed by atoms with van der Waals surface area (Å²) in [6, 6.07) is 14.7. The third-order valence-corrected chi connectivity index (χ3v) is 3.10. The van der Waals surface area contributed by atoms with Gasteiger partial charge in [-0.05, 0) is 30.5 Å². The summed E-state index contributed by atoms with van der Waals surface area (Å²) in [5, 5.41) is 21.8. The van der Waals surface area contributed by atoms with E-state index in [4.69, 9.17) is 5.11 Å². The molecule has 0 aliphatic carbocycles. The third kappa shape index (κ3) is 4.89. The van der Waals surface area contributed by atoms with Crippen molar-refractivity contribution >= 4 is 11.8 Å². The average Bonchev–Trinajstić information content (AvgIpc) is 2.52. The number of nitrogens with zero attached hydrogens (tertiary/aromatic N) is 1. The predicted octanol–water partition coefficient (Wildman–Crippen LogP) is 2.19. The molecule has 0 fully saturated rings. The van der Waals surface area contributed by atoms with Crippen LogP contribution in [0.15, 0.2) is 48.5 Å². The molecule has 2 rings (SSSR count). The van der Waals surface area contributed by atoms with Gasteiger partial charge in [0.1, 0.15) is 5.82 Å². The fraction of sp³-hybridized carbons (Fsp3) is 0.250. The highest BCUT2D eigenvalue weighted by Gasteiger charge is 2.07. The number of aliphatic hydroxyl groups is 1. The van der Waals surface area contributed by atoms with Crippen molar-refractivity contribution in [3.8, 4) is 0 Å². The number of aliphatic hydroxyl groups excluding tert-OH is 1. The van der Waals surface area contributed by atoms with Crippen LogP contribution in [0.4, 0.5) is 5.82 Å². The summed E-state index contributed by atoms with van der Waals surface area (Å²) in [5.74, 6) is -0.614. The van der Waals surface area contributed by atoms with E-state index < -0.39 is 12.1 Å². The van der Waals surface area contributed by atoms with Gasteiger partial charge in [0.25, 0.3) is 0 Å². The summed E-state index contributed by atoms with van der Waals surface area (Å²) in [6.07, 6.45) is 0.919. The Morgan fingerprint density at radius 1 is 1.14 bits per heavy atom. The molecule has 0 amide bonds. The standard InChI is InChI=1S/C16H18N2O3/c19-13(10-9-12-5-2-1-3-6-12)11-17-15-8-4-7-14(18-15)16(20)21/h1-8,13,19H,9-11H2,(H,17,18)(H,20,21). The predicted molar refractivity (Wildman–Crippen MR) is 80.5 cm³/mol. The smallest absolute Gasteiger partial charge is 0.354 e. The zero-order valence-electron chi connectivity index (χ0n) is 11.6. The number of hydrogen-bond acceptors (Lipinski definition) is 4. The molecule has 0 saturated heterocycles. The quantitative estimate of drug-likeness (QED) is 0.726. The van der Waals surface area contributed by atoms with Gasteiger partial charge in [-0.2, -0.15) is 0 Å². The number of aromatic nitrogens is 1. The number of pyridine rings is 1. The lowest BCUT2D eigenvalue weighted by Crippen LogP contribution is -2.21. The molecule has 0 aliphatic heterocycles. The summed E-state index contributed by atoms with van der Waals surface area (Å²) >= 11 is 0. The van der Waals surface area contributed by atoms with Crippen LogP contribution >= 0.6 is 0 Å². The van der Waals surface area contributed by atoms with Crippen molar-refractivity contribution in [1.82, 2.24) is 4.98 Å². The van der Waals surface area contributed by atoms with E-state index in [0.29, 0.717) is 18.8 Å². The van der Waals surface area contributed by atoms with Gasteiger partial charge in [0.05, 0.1) is 6.10 Å². The highest BCUT2D eigenvalue weighted by atomic mass is 16.4. The van der Waals surface area contributed by atoms with E-state index >= 15 is 0 Å². The molecule has 1 aromatic carbocycles. The van der Waals surface area contributed by atoms with E-state index in [2.05, 4.69) is 10.3 Å². The molecule has 0 aliphatic rings. The third-order valence-electron chi connectivity index (χ3n) is 3.10. The zero-order chi connectivity index (χ0) is 15.1. The fourth-order valence-corrected chi connectivity index (χ4v) is 1.95. The first-order valence-electron chi connectivity index (χ1n) is 6.81. The van der Waals surface area contributed by atoms with Crippen molar-refractivity contribution in [1.29, 1.82) is 0 Å². The van der Waals surface area contributed by atoms with Crippen LogP contribution in [-0.2, 0) is 6.42 Å². The number of hydrogen-bond donors (Lipinski definition) is 3. The fourth-order valence-electron chi connectivity index (χ4n) is 1.95. The summed E-state index contributed by atoms with van der Waals surface area (Å²) in [5.41, 5.74) is 1.17. The van der Waals surface area contributed by atoms with Crippen LogP contribution in [-0.4, -0.2) is 33.8 Å². The highest BCUT2D eigenvalue weighted by molar-refractivity contribution is 5.85. The van der Waals surface area contributed by atoms with Crippen LogP contribution in [0.25, 0.3) is 0 Å². The SMILES string of the molecule is O=C(O)c1cccc(NCC(O)CCc2ccccc2)n1. The summed E-state index contributed by atoms with van der Waals surface area (Å²) in [7, 11) is 0. The Balaban J connectivity index is 1.80. The molecule has 0 radical (unpaired) electrons. The van der Waals surface area contributed by atoms with Gasteiger partial charge >= 0.3 is 5.97 Å². The van der Waals surface area contributed by atoms with Crippen molar-refractivity contribution in [3.05, 3.63) is 59.8 Å². The van der Waals surface area contributed by atoms with Gasteiger partial charge in [-0.25, -0.2) is 9.78 Å². The van der Waals surface area contributed by atoms with E-state index in [9.17, 15) is 9.90 Å². The number of carboxylic acid groups (broad SMARTS) is 1.